The molecule has 4 nitrogen and oxygen atoms in total. The van der Waals surface area contributed by atoms with Crippen molar-refractivity contribution >= 4 is 11.8 Å². The van der Waals surface area contributed by atoms with Crippen molar-refractivity contribution in [2.45, 2.75) is 30.8 Å². The Bertz CT molecular complexity index is 843. The van der Waals surface area contributed by atoms with Crippen LogP contribution in [0.2, 0.25) is 0 Å². The first-order valence-corrected chi connectivity index (χ1v) is 9.63. The van der Waals surface area contributed by atoms with Crippen molar-refractivity contribution in [1.82, 2.24) is 14.8 Å². The van der Waals surface area contributed by atoms with E-state index in [2.05, 4.69) is 58.1 Å². The number of nitrogens with zero attached hydrogens (tertiary/aromatic N) is 3. The van der Waals surface area contributed by atoms with Crippen molar-refractivity contribution in [3.63, 3.8) is 0 Å². The summed E-state index contributed by atoms with van der Waals surface area (Å²) in [5.41, 5.74) is 2.35. The van der Waals surface area contributed by atoms with Crippen molar-refractivity contribution in [1.29, 1.82) is 0 Å². The zero-order chi connectivity index (χ0) is 17.1. The molecule has 0 radical (unpaired) electrons. The Kier molecular flexibility index (Phi) is 4.74. The molecule has 1 aliphatic rings. The second-order valence-electron chi connectivity index (χ2n) is 6.30. The van der Waals surface area contributed by atoms with Crippen LogP contribution in [0.15, 0.2) is 59.8 Å². The molecule has 0 bridgehead atoms. The number of hydrogen-bond donors (Lipinski definition) is 0. The zero-order valence-electron chi connectivity index (χ0n) is 14.3. The van der Waals surface area contributed by atoms with E-state index in [1.54, 1.807) is 11.8 Å². The fourth-order valence-electron chi connectivity index (χ4n) is 2.80. The molecule has 0 amide bonds. The fourth-order valence-corrected chi connectivity index (χ4v) is 3.57. The monoisotopic (exact) mass is 351 g/mol. The Morgan fingerprint density at radius 1 is 1.08 bits per heavy atom. The number of benzene rings is 2. The van der Waals surface area contributed by atoms with Crippen molar-refractivity contribution in [2.24, 2.45) is 0 Å². The molecule has 1 fully saturated rings. The van der Waals surface area contributed by atoms with E-state index in [0.717, 1.165) is 28.2 Å². The Labute approximate surface area is 152 Å². The van der Waals surface area contributed by atoms with Crippen molar-refractivity contribution < 1.29 is 4.74 Å². The molecule has 0 N–H and O–H groups in total. The van der Waals surface area contributed by atoms with Gasteiger partial charge in [-0.3, -0.25) is 4.57 Å². The van der Waals surface area contributed by atoms with Gasteiger partial charge in [0.25, 0.3) is 0 Å². The Hall–Kier alpha value is -2.27. The van der Waals surface area contributed by atoms with E-state index < -0.39 is 0 Å². The number of para-hydroxylation sites is 1. The highest BCUT2D eigenvalue weighted by molar-refractivity contribution is 7.99. The Morgan fingerprint density at radius 3 is 2.68 bits per heavy atom. The van der Waals surface area contributed by atoms with Crippen LogP contribution in [0.3, 0.4) is 0 Å². The number of rotatable bonds is 7. The second kappa shape index (κ2) is 7.31. The van der Waals surface area contributed by atoms with Crippen molar-refractivity contribution in [3.05, 3.63) is 66.0 Å². The largest absolute Gasteiger partial charge is 0.493 e. The minimum absolute atomic E-state index is 0.561. The van der Waals surface area contributed by atoms with Crippen LogP contribution in [0, 0.1) is 6.92 Å². The van der Waals surface area contributed by atoms with Crippen LogP contribution in [0.25, 0.3) is 5.69 Å². The van der Waals surface area contributed by atoms with Gasteiger partial charge >= 0.3 is 0 Å². The van der Waals surface area contributed by atoms with Gasteiger partial charge in [0.15, 0.2) is 5.16 Å². The van der Waals surface area contributed by atoms with Gasteiger partial charge in [0.1, 0.15) is 11.6 Å². The number of ether oxygens (including phenoxy) is 1. The lowest BCUT2D eigenvalue weighted by atomic mass is 10.2. The lowest BCUT2D eigenvalue weighted by molar-refractivity contribution is 0.343. The molecular weight excluding hydrogens is 330 g/mol. The lowest BCUT2D eigenvalue weighted by Crippen LogP contribution is -2.04. The lowest BCUT2D eigenvalue weighted by Gasteiger charge is -2.10. The molecule has 0 spiro atoms. The highest BCUT2D eigenvalue weighted by Gasteiger charge is 2.30. The molecule has 0 unspecified atom stereocenters. The summed E-state index contributed by atoms with van der Waals surface area (Å²) in [5, 5.41) is 9.83. The van der Waals surface area contributed by atoms with Crippen LogP contribution in [0.1, 0.15) is 30.1 Å². The van der Waals surface area contributed by atoms with Gasteiger partial charge in [-0.25, -0.2) is 0 Å². The van der Waals surface area contributed by atoms with Gasteiger partial charge < -0.3 is 4.74 Å². The molecule has 4 rings (SSSR count). The second-order valence-corrected chi connectivity index (χ2v) is 7.36. The predicted molar refractivity (Wildman–Crippen MR) is 101 cm³/mol. The quantitative estimate of drug-likeness (QED) is 0.460. The smallest absolute Gasteiger partial charge is 0.195 e. The average molecular weight is 351 g/mol. The molecule has 1 saturated carbocycles. The normalized spacial score (nSPS) is 13.8. The van der Waals surface area contributed by atoms with Gasteiger partial charge in [-0.15, -0.1) is 10.2 Å². The fraction of sp³-hybridized carbons (Fsp3) is 0.300. The summed E-state index contributed by atoms with van der Waals surface area (Å²) >= 11 is 1.70. The molecule has 0 aliphatic heterocycles. The number of aryl methyl sites for hydroxylation is 1. The van der Waals surface area contributed by atoms with Crippen LogP contribution in [0.4, 0.5) is 0 Å². The Morgan fingerprint density at radius 2 is 1.92 bits per heavy atom. The molecule has 1 aromatic heterocycles. The third kappa shape index (κ3) is 3.87. The van der Waals surface area contributed by atoms with E-state index in [1.165, 1.54) is 18.4 Å². The zero-order valence-corrected chi connectivity index (χ0v) is 15.1. The standard InChI is InChI=1S/C20H21N3OS/c1-15-6-5-9-18(14-15)24-12-13-25-20-22-21-19(16-10-11-16)23(20)17-7-3-2-4-8-17/h2-9,14,16H,10-13H2,1H3. The topological polar surface area (TPSA) is 39.9 Å². The SMILES string of the molecule is Cc1cccc(OCCSc2nnc(C3CC3)n2-c2ccccc2)c1. The van der Waals surface area contributed by atoms with Gasteiger partial charge in [0, 0.05) is 17.4 Å². The molecule has 2 aromatic carbocycles. The summed E-state index contributed by atoms with van der Waals surface area (Å²) in [6.07, 6.45) is 2.43. The predicted octanol–water partition coefficient (Wildman–Crippen LogP) is 4.62. The maximum absolute atomic E-state index is 5.84. The highest BCUT2D eigenvalue weighted by Crippen LogP contribution is 2.41. The first-order chi connectivity index (χ1) is 12.3. The van der Waals surface area contributed by atoms with Gasteiger partial charge in [-0.1, -0.05) is 42.1 Å². The van der Waals surface area contributed by atoms with E-state index in [0.29, 0.717) is 12.5 Å². The van der Waals surface area contributed by atoms with Crippen LogP contribution >= 0.6 is 11.8 Å². The number of thioether (sulfide) groups is 1. The first kappa shape index (κ1) is 16.2. The molecule has 128 valence electrons. The van der Waals surface area contributed by atoms with Gasteiger partial charge in [-0.2, -0.15) is 0 Å². The van der Waals surface area contributed by atoms with Crippen LogP contribution in [-0.2, 0) is 0 Å². The van der Waals surface area contributed by atoms with Gasteiger partial charge in [0.05, 0.1) is 6.61 Å². The molecule has 1 aliphatic carbocycles. The molecule has 0 atom stereocenters. The minimum atomic E-state index is 0.561. The summed E-state index contributed by atoms with van der Waals surface area (Å²) < 4.78 is 8.05. The van der Waals surface area contributed by atoms with Crippen molar-refractivity contribution in [3.8, 4) is 11.4 Å². The molecular formula is C20H21N3OS. The summed E-state index contributed by atoms with van der Waals surface area (Å²) in [5.74, 6) is 3.41. The van der Waals surface area contributed by atoms with E-state index in [-0.39, 0.29) is 0 Å². The summed E-state index contributed by atoms with van der Waals surface area (Å²) in [4.78, 5) is 0. The van der Waals surface area contributed by atoms with Crippen LogP contribution in [-0.4, -0.2) is 27.1 Å². The molecule has 1 heterocycles. The van der Waals surface area contributed by atoms with E-state index in [1.807, 2.05) is 18.2 Å². The highest BCUT2D eigenvalue weighted by atomic mass is 32.2. The third-order valence-electron chi connectivity index (χ3n) is 4.19. The number of hydrogen-bond acceptors (Lipinski definition) is 4. The average Bonchev–Trinajstić information content (AvgIpc) is 3.39. The molecule has 25 heavy (non-hydrogen) atoms. The minimum Gasteiger partial charge on any atom is -0.493 e. The maximum Gasteiger partial charge on any atom is 0.195 e. The van der Waals surface area contributed by atoms with E-state index >= 15 is 0 Å². The van der Waals surface area contributed by atoms with Crippen LogP contribution < -0.4 is 4.74 Å². The van der Waals surface area contributed by atoms with E-state index in [9.17, 15) is 0 Å². The Balaban J connectivity index is 1.44. The first-order valence-electron chi connectivity index (χ1n) is 8.64. The molecule has 0 saturated heterocycles. The van der Waals surface area contributed by atoms with E-state index in [4.69, 9.17) is 4.74 Å². The summed E-state index contributed by atoms with van der Waals surface area (Å²) in [6, 6.07) is 18.5. The van der Waals surface area contributed by atoms with Crippen molar-refractivity contribution in [2.75, 3.05) is 12.4 Å². The summed E-state index contributed by atoms with van der Waals surface area (Å²) in [7, 11) is 0. The van der Waals surface area contributed by atoms with Gasteiger partial charge in [0.2, 0.25) is 0 Å². The third-order valence-corrected chi connectivity index (χ3v) is 5.08. The maximum atomic E-state index is 5.84. The molecule has 3 aromatic rings. The summed E-state index contributed by atoms with van der Waals surface area (Å²) in [6.45, 7) is 2.72. The number of aromatic nitrogens is 3. The molecule has 5 heteroatoms. The van der Waals surface area contributed by atoms with Gasteiger partial charge in [-0.05, 0) is 49.6 Å². The van der Waals surface area contributed by atoms with Crippen LogP contribution in [0.5, 0.6) is 5.75 Å².